The monoisotopic (exact) mass is 233 g/mol. The second-order valence-corrected chi connectivity index (χ2v) is 3.33. The maximum Gasteiger partial charge on any atom is 0.325 e. The minimum Gasteiger partial charge on any atom is -0.494 e. The Morgan fingerprint density at radius 3 is 2.88 bits per heavy atom. The van der Waals surface area contributed by atoms with E-state index < -0.39 is 12.0 Å². The summed E-state index contributed by atoms with van der Waals surface area (Å²) in [6, 6.07) is 6.17. The number of carboxylic acid groups (broad SMARTS) is 1. The van der Waals surface area contributed by atoms with E-state index in [1.54, 1.807) is 24.3 Å². The highest BCUT2D eigenvalue weighted by Gasteiger charge is 2.22. The summed E-state index contributed by atoms with van der Waals surface area (Å²) in [4.78, 5) is 11.2. The minimum absolute atomic E-state index is 0.192. The number of nitrogens with one attached hydrogen (secondary N) is 1. The lowest BCUT2D eigenvalue weighted by Crippen LogP contribution is -2.29. The molecular weight excluding hydrogens is 218 g/mol. The van der Waals surface area contributed by atoms with E-state index in [2.05, 4.69) is 11.2 Å². The molecule has 0 saturated carbocycles. The van der Waals surface area contributed by atoms with Crippen LogP contribution in [0, 0.1) is 12.3 Å². The first-order valence-corrected chi connectivity index (χ1v) is 5.32. The SMILES string of the molecule is C#CCNC(C(=O)O)c1ccccc1OCC. The minimum atomic E-state index is -0.979. The van der Waals surface area contributed by atoms with Crippen molar-refractivity contribution in [3.05, 3.63) is 29.8 Å². The molecule has 0 heterocycles. The van der Waals surface area contributed by atoms with Crippen LogP contribution in [0.4, 0.5) is 0 Å². The van der Waals surface area contributed by atoms with Crippen LogP contribution < -0.4 is 10.1 Å². The summed E-state index contributed by atoms with van der Waals surface area (Å²) in [7, 11) is 0. The zero-order valence-corrected chi connectivity index (χ0v) is 9.64. The summed E-state index contributed by atoms with van der Waals surface area (Å²) in [6.07, 6.45) is 5.12. The summed E-state index contributed by atoms with van der Waals surface area (Å²) in [5, 5.41) is 11.9. The quantitative estimate of drug-likeness (QED) is 0.730. The number of carbonyl (C=O) groups is 1. The van der Waals surface area contributed by atoms with Gasteiger partial charge in [0.25, 0.3) is 0 Å². The Kier molecular flexibility index (Phi) is 5.05. The first kappa shape index (κ1) is 13.1. The molecule has 0 aliphatic carbocycles. The number of terminal acetylenes is 1. The molecule has 1 atom stereocenters. The molecule has 1 aromatic rings. The molecule has 1 unspecified atom stereocenters. The molecule has 0 bridgehead atoms. The van der Waals surface area contributed by atoms with Crippen molar-refractivity contribution in [1.29, 1.82) is 0 Å². The molecule has 0 saturated heterocycles. The topological polar surface area (TPSA) is 58.6 Å². The van der Waals surface area contributed by atoms with Gasteiger partial charge in [-0.2, -0.15) is 0 Å². The fourth-order valence-corrected chi connectivity index (χ4v) is 1.50. The zero-order chi connectivity index (χ0) is 12.7. The van der Waals surface area contributed by atoms with E-state index in [0.29, 0.717) is 17.9 Å². The third-order valence-electron chi connectivity index (χ3n) is 2.19. The van der Waals surface area contributed by atoms with Crippen LogP contribution in [0.3, 0.4) is 0 Å². The maximum atomic E-state index is 11.2. The van der Waals surface area contributed by atoms with Crippen molar-refractivity contribution in [1.82, 2.24) is 5.32 Å². The summed E-state index contributed by atoms with van der Waals surface area (Å²) < 4.78 is 5.39. The van der Waals surface area contributed by atoms with E-state index in [0.717, 1.165) is 0 Å². The van der Waals surface area contributed by atoms with Gasteiger partial charge in [-0.3, -0.25) is 10.1 Å². The standard InChI is InChI=1S/C13H15NO3/c1-3-9-14-12(13(15)16)10-7-5-6-8-11(10)17-4-2/h1,5-8,12,14H,4,9H2,2H3,(H,15,16). The second kappa shape index (κ2) is 6.56. The van der Waals surface area contributed by atoms with Gasteiger partial charge in [-0.1, -0.05) is 24.1 Å². The van der Waals surface area contributed by atoms with Crippen molar-refractivity contribution in [3.8, 4) is 18.1 Å². The second-order valence-electron chi connectivity index (χ2n) is 3.33. The van der Waals surface area contributed by atoms with Crippen molar-refractivity contribution in [2.24, 2.45) is 0 Å². The molecule has 0 amide bonds. The van der Waals surface area contributed by atoms with Gasteiger partial charge in [-0.05, 0) is 13.0 Å². The van der Waals surface area contributed by atoms with E-state index in [1.165, 1.54) is 0 Å². The summed E-state index contributed by atoms with van der Waals surface area (Å²) in [5.41, 5.74) is 0.581. The highest BCUT2D eigenvalue weighted by Crippen LogP contribution is 2.25. The van der Waals surface area contributed by atoms with Crippen molar-refractivity contribution >= 4 is 5.97 Å². The zero-order valence-electron chi connectivity index (χ0n) is 9.64. The van der Waals surface area contributed by atoms with Crippen molar-refractivity contribution in [2.75, 3.05) is 13.2 Å². The number of benzene rings is 1. The third kappa shape index (κ3) is 3.51. The summed E-state index contributed by atoms with van der Waals surface area (Å²) in [6.45, 7) is 2.53. The van der Waals surface area contributed by atoms with E-state index in [-0.39, 0.29) is 6.54 Å². The number of rotatable bonds is 6. The van der Waals surface area contributed by atoms with Gasteiger partial charge in [0.2, 0.25) is 0 Å². The van der Waals surface area contributed by atoms with Gasteiger partial charge in [0.1, 0.15) is 11.8 Å². The first-order chi connectivity index (χ1) is 8.20. The molecule has 4 nitrogen and oxygen atoms in total. The predicted octanol–water partition coefficient (Wildman–Crippen LogP) is 1.43. The van der Waals surface area contributed by atoms with Gasteiger partial charge in [-0.25, -0.2) is 0 Å². The number of hydrogen-bond acceptors (Lipinski definition) is 3. The first-order valence-electron chi connectivity index (χ1n) is 5.32. The summed E-state index contributed by atoms with van der Waals surface area (Å²) >= 11 is 0. The highest BCUT2D eigenvalue weighted by molar-refractivity contribution is 5.76. The van der Waals surface area contributed by atoms with Gasteiger partial charge >= 0.3 is 5.97 Å². The lowest BCUT2D eigenvalue weighted by molar-refractivity contribution is -0.139. The normalized spacial score (nSPS) is 11.5. The van der Waals surface area contributed by atoms with E-state index in [4.69, 9.17) is 16.3 Å². The molecule has 0 spiro atoms. The Bertz CT molecular complexity index is 423. The van der Waals surface area contributed by atoms with E-state index in [9.17, 15) is 4.79 Å². The average Bonchev–Trinajstić information content (AvgIpc) is 2.31. The molecule has 90 valence electrons. The smallest absolute Gasteiger partial charge is 0.325 e. The average molecular weight is 233 g/mol. The van der Waals surface area contributed by atoms with Gasteiger partial charge in [0.15, 0.2) is 0 Å². The Hall–Kier alpha value is -1.99. The molecule has 17 heavy (non-hydrogen) atoms. The Labute approximate surface area is 101 Å². The molecule has 2 N–H and O–H groups in total. The number of para-hydroxylation sites is 1. The van der Waals surface area contributed by atoms with Crippen LogP contribution in [0.25, 0.3) is 0 Å². The number of ether oxygens (including phenoxy) is 1. The van der Waals surface area contributed by atoms with Gasteiger partial charge in [0.05, 0.1) is 13.2 Å². The van der Waals surface area contributed by atoms with Gasteiger partial charge in [0, 0.05) is 5.56 Å². The predicted molar refractivity (Wildman–Crippen MR) is 64.8 cm³/mol. The molecular formula is C13H15NO3. The van der Waals surface area contributed by atoms with Crippen molar-refractivity contribution < 1.29 is 14.6 Å². The fraction of sp³-hybridized carbons (Fsp3) is 0.308. The molecule has 0 aliphatic heterocycles. The molecule has 1 rings (SSSR count). The highest BCUT2D eigenvalue weighted by atomic mass is 16.5. The molecule has 0 radical (unpaired) electrons. The Morgan fingerprint density at radius 2 is 2.29 bits per heavy atom. The van der Waals surface area contributed by atoms with Crippen molar-refractivity contribution in [3.63, 3.8) is 0 Å². The van der Waals surface area contributed by atoms with Crippen LogP contribution >= 0.6 is 0 Å². The Morgan fingerprint density at radius 1 is 1.59 bits per heavy atom. The number of hydrogen-bond donors (Lipinski definition) is 2. The maximum absolute atomic E-state index is 11.2. The van der Waals surface area contributed by atoms with Crippen molar-refractivity contribution in [2.45, 2.75) is 13.0 Å². The Balaban J connectivity index is 3.00. The lowest BCUT2D eigenvalue weighted by Gasteiger charge is -2.16. The summed E-state index contributed by atoms with van der Waals surface area (Å²) in [5.74, 6) is 1.94. The van der Waals surface area contributed by atoms with E-state index >= 15 is 0 Å². The van der Waals surface area contributed by atoms with Crippen LogP contribution in [0.1, 0.15) is 18.5 Å². The molecule has 0 fully saturated rings. The number of aliphatic carboxylic acids is 1. The largest absolute Gasteiger partial charge is 0.494 e. The van der Waals surface area contributed by atoms with Crippen LogP contribution in [-0.4, -0.2) is 24.2 Å². The van der Waals surface area contributed by atoms with Crippen LogP contribution in [-0.2, 0) is 4.79 Å². The third-order valence-corrected chi connectivity index (χ3v) is 2.19. The molecule has 4 heteroatoms. The number of carboxylic acids is 1. The van der Waals surface area contributed by atoms with Gasteiger partial charge in [-0.15, -0.1) is 6.42 Å². The van der Waals surface area contributed by atoms with Crippen LogP contribution in [0.2, 0.25) is 0 Å². The fourth-order valence-electron chi connectivity index (χ4n) is 1.50. The van der Waals surface area contributed by atoms with Crippen LogP contribution in [0.15, 0.2) is 24.3 Å². The lowest BCUT2D eigenvalue weighted by atomic mass is 10.1. The molecule has 0 aliphatic rings. The van der Waals surface area contributed by atoms with Gasteiger partial charge < -0.3 is 9.84 Å². The molecule has 0 aromatic heterocycles. The van der Waals surface area contributed by atoms with E-state index in [1.807, 2.05) is 6.92 Å². The molecule has 1 aromatic carbocycles. The van der Waals surface area contributed by atoms with Crippen LogP contribution in [0.5, 0.6) is 5.75 Å².